The van der Waals surface area contributed by atoms with Gasteiger partial charge in [0.15, 0.2) is 0 Å². The van der Waals surface area contributed by atoms with Crippen LogP contribution in [0.25, 0.3) is 27.6 Å². The molecule has 0 N–H and O–H groups in total. The second-order valence-corrected chi connectivity index (χ2v) is 7.13. The number of thiazole rings is 1. The van der Waals surface area contributed by atoms with Gasteiger partial charge in [-0.1, -0.05) is 22.9 Å². The highest BCUT2D eigenvalue weighted by Crippen LogP contribution is 2.31. The molecular formula is C20H17FN4S. The SMILES string of the molecule is Cc1ccc(C)c(-c2csc(-c3nnn(-c4ccc(F)cc4)c3C)n2)c1. The van der Waals surface area contributed by atoms with Gasteiger partial charge in [0.1, 0.15) is 16.5 Å². The lowest BCUT2D eigenvalue weighted by Gasteiger charge is -2.04. The van der Waals surface area contributed by atoms with Crippen molar-refractivity contribution in [3.63, 3.8) is 0 Å². The van der Waals surface area contributed by atoms with E-state index in [0.717, 1.165) is 33.3 Å². The van der Waals surface area contributed by atoms with Crippen LogP contribution in [-0.2, 0) is 0 Å². The minimum Gasteiger partial charge on any atom is -0.234 e. The molecule has 26 heavy (non-hydrogen) atoms. The van der Waals surface area contributed by atoms with E-state index in [1.165, 1.54) is 23.3 Å². The van der Waals surface area contributed by atoms with E-state index in [-0.39, 0.29) is 5.82 Å². The van der Waals surface area contributed by atoms with Crippen molar-refractivity contribution in [1.82, 2.24) is 20.0 Å². The van der Waals surface area contributed by atoms with E-state index in [0.29, 0.717) is 0 Å². The topological polar surface area (TPSA) is 43.6 Å². The molecule has 0 bridgehead atoms. The number of halogens is 1. The van der Waals surface area contributed by atoms with E-state index in [4.69, 9.17) is 4.98 Å². The molecule has 4 aromatic rings. The summed E-state index contributed by atoms with van der Waals surface area (Å²) in [5.41, 5.74) is 6.87. The summed E-state index contributed by atoms with van der Waals surface area (Å²) in [5.74, 6) is -0.273. The van der Waals surface area contributed by atoms with Crippen LogP contribution in [0, 0.1) is 26.6 Å². The fourth-order valence-corrected chi connectivity index (χ4v) is 3.73. The van der Waals surface area contributed by atoms with Crippen LogP contribution in [-0.4, -0.2) is 20.0 Å². The normalized spacial score (nSPS) is 11.1. The van der Waals surface area contributed by atoms with Crippen molar-refractivity contribution in [2.75, 3.05) is 0 Å². The molecule has 4 nitrogen and oxygen atoms in total. The molecule has 0 saturated heterocycles. The Morgan fingerprint density at radius 3 is 2.54 bits per heavy atom. The Morgan fingerprint density at radius 1 is 1.00 bits per heavy atom. The van der Waals surface area contributed by atoms with Gasteiger partial charge in [0.2, 0.25) is 0 Å². The van der Waals surface area contributed by atoms with Crippen molar-refractivity contribution < 1.29 is 4.39 Å². The third-order valence-corrected chi connectivity index (χ3v) is 5.19. The Bertz CT molecular complexity index is 1080. The molecule has 0 saturated carbocycles. The highest BCUT2D eigenvalue weighted by atomic mass is 32.1. The van der Waals surface area contributed by atoms with Gasteiger partial charge in [0.05, 0.1) is 17.1 Å². The zero-order valence-electron chi connectivity index (χ0n) is 14.7. The molecule has 2 aromatic carbocycles. The Kier molecular flexibility index (Phi) is 4.12. The Balaban J connectivity index is 1.73. The number of benzene rings is 2. The van der Waals surface area contributed by atoms with E-state index in [1.807, 2.05) is 12.3 Å². The van der Waals surface area contributed by atoms with Gasteiger partial charge in [0, 0.05) is 10.9 Å². The lowest BCUT2D eigenvalue weighted by Crippen LogP contribution is -1.99. The number of rotatable bonds is 3. The highest BCUT2D eigenvalue weighted by Gasteiger charge is 2.16. The fourth-order valence-electron chi connectivity index (χ4n) is 2.87. The maximum Gasteiger partial charge on any atom is 0.146 e. The molecule has 0 aliphatic heterocycles. The fraction of sp³-hybridized carbons (Fsp3) is 0.150. The molecule has 2 heterocycles. The van der Waals surface area contributed by atoms with Gasteiger partial charge in [0.25, 0.3) is 0 Å². The molecule has 0 spiro atoms. The van der Waals surface area contributed by atoms with E-state index < -0.39 is 0 Å². The molecule has 0 radical (unpaired) electrons. The molecule has 0 unspecified atom stereocenters. The van der Waals surface area contributed by atoms with Crippen molar-refractivity contribution >= 4 is 11.3 Å². The lowest BCUT2D eigenvalue weighted by molar-refractivity contribution is 0.626. The minimum absolute atomic E-state index is 0.273. The summed E-state index contributed by atoms with van der Waals surface area (Å²) in [6.07, 6.45) is 0. The Labute approximate surface area is 155 Å². The van der Waals surface area contributed by atoms with Crippen molar-refractivity contribution in [1.29, 1.82) is 0 Å². The number of aromatic nitrogens is 4. The maximum absolute atomic E-state index is 13.1. The van der Waals surface area contributed by atoms with Crippen molar-refractivity contribution in [2.24, 2.45) is 0 Å². The first-order valence-electron chi connectivity index (χ1n) is 8.24. The van der Waals surface area contributed by atoms with Crippen LogP contribution in [0.2, 0.25) is 0 Å². The van der Waals surface area contributed by atoms with Gasteiger partial charge in [-0.15, -0.1) is 16.4 Å². The first-order valence-corrected chi connectivity index (χ1v) is 9.12. The number of aryl methyl sites for hydroxylation is 2. The van der Waals surface area contributed by atoms with E-state index in [2.05, 4.69) is 42.4 Å². The van der Waals surface area contributed by atoms with Crippen LogP contribution in [0.5, 0.6) is 0 Å². The van der Waals surface area contributed by atoms with Crippen molar-refractivity contribution in [3.8, 4) is 27.6 Å². The summed E-state index contributed by atoms with van der Waals surface area (Å²) in [6, 6.07) is 12.6. The monoisotopic (exact) mass is 364 g/mol. The Morgan fingerprint density at radius 2 is 1.77 bits per heavy atom. The van der Waals surface area contributed by atoms with Crippen molar-refractivity contribution in [3.05, 3.63) is 70.5 Å². The molecule has 0 aliphatic rings. The first-order chi connectivity index (χ1) is 12.5. The smallest absolute Gasteiger partial charge is 0.146 e. The van der Waals surface area contributed by atoms with Crippen molar-refractivity contribution in [2.45, 2.75) is 20.8 Å². The zero-order chi connectivity index (χ0) is 18.3. The molecular weight excluding hydrogens is 347 g/mol. The number of nitrogens with zero attached hydrogens (tertiary/aromatic N) is 4. The van der Waals surface area contributed by atoms with Crippen LogP contribution in [0.1, 0.15) is 16.8 Å². The second kappa shape index (κ2) is 6.46. The van der Waals surface area contributed by atoms with Crippen LogP contribution < -0.4 is 0 Å². The minimum atomic E-state index is -0.273. The van der Waals surface area contributed by atoms with Gasteiger partial charge < -0.3 is 0 Å². The molecule has 0 fully saturated rings. The maximum atomic E-state index is 13.1. The third-order valence-electron chi connectivity index (χ3n) is 4.34. The summed E-state index contributed by atoms with van der Waals surface area (Å²) < 4.78 is 14.8. The van der Waals surface area contributed by atoms with E-state index in [9.17, 15) is 4.39 Å². The average molecular weight is 364 g/mol. The highest BCUT2D eigenvalue weighted by molar-refractivity contribution is 7.13. The summed E-state index contributed by atoms with van der Waals surface area (Å²) in [4.78, 5) is 4.78. The van der Waals surface area contributed by atoms with Crippen LogP contribution in [0.3, 0.4) is 0 Å². The molecule has 4 rings (SSSR count). The zero-order valence-corrected chi connectivity index (χ0v) is 15.5. The van der Waals surface area contributed by atoms with Gasteiger partial charge in [-0.3, -0.25) is 0 Å². The summed E-state index contributed by atoms with van der Waals surface area (Å²) in [6.45, 7) is 6.11. The summed E-state index contributed by atoms with van der Waals surface area (Å²) >= 11 is 1.55. The van der Waals surface area contributed by atoms with Gasteiger partial charge >= 0.3 is 0 Å². The Hall–Kier alpha value is -2.86. The number of hydrogen-bond donors (Lipinski definition) is 0. The first kappa shape index (κ1) is 16.6. The molecule has 0 aliphatic carbocycles. The van der Waals surface area contributed by atoms with Gasteiger partial charge in [-0.2, -0.15) is 0 Å². The average Bonchev–Trinajstić information content (AvgIpc) is 3.25. The largest absolute Gasteiger partial charge is 0.234 e. The van der Waals surface area contributed by atoms with Gasteiger partial charge in [-0.05, 0) is 56.7 Å². The number of hydrogen-bond acceptors (Lipinski definition) is 4. The van der Waals surface area contributed by atoms with Crippen LogP contribution in [0.4, 0.5) is 4.39 Å². The van der Waals surface area contributed by atoms with Crippen LogP contribution >= 0.6 is 11.3 Å². The standard InChI is InChI=1S/C20H17FN4S/c1-12-4-5-13(2)17(10-12)18-11-26-20(22-18)19-14(3)25(24-23-19)16-8-6-15(21)7-9-16/h4-11H,1-3H3. The third kappa shape index (κ3) is 2.93. The molecule has 6 heteroatoms. The van der Waals surface area contributed by atoms with E-state index >= 15 is 0 Å². The lowest BCUT2D eigenvalue weighted by atomic mass is 10.0. The van der Waals surface area contributed by atoms with Gasteiger partial charge in [-0.25, -0.2) is 14.1 Å². The summed E-state index contributed by atoms with van der Waals surface area (Å²) in [7, 11) is 0. The molecule has 2 aromatic heterocycles. The molecule has 0 amide bonds. The predicted molar refractivity (Wildman–Crippen MR) is 102 cm³/mol. The quantitative estimate of drug-likeness (QED) is 0.507. The molecule has 0 atom stereocenters. The second-order valence-electron chi connectivity index (χ2n) is 6.27. The molecule has 130 valence electrons. The summed E-state index contributed by atoms with van der Waals surface area (Å²) in [5, 5.41) is 11.4. The van der Waals surface area contributed by atoms with E-state index in [1.54, 1.807) is 28.2 Å². The van der Waals surface area contributed by atoms with Crippen LogP contribution in [0.15, 0.2) is 47.8 Å². The predicted octanol–water partition coefficient (Wildman–Crippen LogP) is 5.12.